The summed E-state index contributed by atoms with van der Waals surface area (Å²) in [5, 5.41) is 2.43. The van der Waals surface area contributed by atoms with E-state index in [4.69, 9.17) is 4.74 Å². The molecule has 2 rings (SSSR count). The van der Waals surface area contributed by atoms with Gasteiger partial charge in [0.25, 0.3) is 5.91 Å². The van der Waals surface area contributed by atoms with Gasteiger partial charge in [0.1, 0.15) is 6.54 Å². The van der Waals surface area contributed by atoms with Crippen LogP contribution in [0.15, 0.2) is 60.7 Å². The van der Waals surface area contributed by atoms with Crippen molar-refractivity contribution in [2.75, 3.05) is 6.54 Å². The highest BCUT2D eigenvalue weighted by Crippen LogP contribution is 2.06. The summed E-state index contributed by atoms with van der Waals surface area (Å²) in [6, 6.07) is 18.5. The lowest BCUT2D eigenvalue weighted by Crippen LogP contribution is -2.31. The van der Waals surface area contributed by atoms with Gasteiger partial charge in [-0.2, -0.15) is 0 Å². The van der Waals surface area contributed by atoms with Gasteiger partial charge in [0, 0.05) is 12.0 Å². The molecule has 0 aliphatic carbocycles. The maximum atomic E-state index is 11.8. The zero-order valence-corrected chi connectivity index (χ0v) is 13.9. The van der Waals surface area contributed by atoms with Crippen molar-refractivity contribution in [2.24, 2.45) is 0 Å². The second-order valence-corrected chi connectivity index (χ2v) is 5.59. The van der Waals surface area contributed by atoms with Gasteiger partial charge in [-0.25, -0.2) is 4.79 Å². The maximum absolute atomic E-state index is 11.8. The molecule has 0 radical (unpaired) electrons. The molecule has 0 aliphatic heterocycles. The van der Waals surface area contributed by atoms with E-state index in [-0.39, 0.29) is 18.9 Å². The highest BCUT2D eigenvalue weighted by molar-refractivity contribution is 5.96. The lowest BCUT2D eigenvalue weighted by Gasteiger charge is -2.05. The van der Waals surface area contributed by atoms with Gasteiger partial charge in [0.15, 0.2) is 0 Å². The Bertz CT molecular complexity index is 698. The molecule has 1 amide bonds. The predicted molar refractivity (Wildman–Crippen MR) is 93.9 cm³/mol. The van der Waals surface area contributed by atoms with Crippen LogP contribution in [0.2, 0.25) is 0 Å². The summed E-state index contributed by atoms with van der Waals surface area (Å²) < 4.78 is 4.70. The van der Waals surface area contributed by atoms with E-state index < -0.39 is 11.9 Å². The standard InChI is InChI=1S/C20H21NO4/c22-18(14-8-7-11-16-9-3-1-4-10-16)25-19(23)15-21-20(24)17-12-5-2-6-13-17/h1-6,9-10,12-13H,7-8,11,14-15H2,(H,21,24). The van der Waals surface area contributed by atoms with Gasteiger partial charge in [-0.05, 0) is 37.0 Å². The van der Waals surface area contributed by atoms with Gasteiger partial charge in [-0.3, -0.25) is 9.59 Å². The number of unbranched alkanes of at least 4 members (excludes halogenated alkanes) is 1. The number of esters is 2. The van der Waals surface area contributed by atoms with Gasteiger partial charge >= 0.3 is 11.9 Å². The summed E-state index contributed by atoms with van der Waals surface area (Å²) in [7, 11) is 0. The summed E-state index contributed by atoms with van der Waals surface area (Å²) in [6.45, 7) is -0.330. The average molecular weight is 339 g/mol. The van der Waals surface area contributed by atoms with E-state index in [0.29, 0.717) is 12.0 Å². The van der Waals surface area contributed by atoms with E-state index in [1.54, 1.807) is 30.3 Å². The highest BCUT2D eigenvalue weighted by Gasteiger charge is 2.12. The molecule has 0 atom stereocenters. The summed E-state index contributed by atoms with van der Waals surface area (Å²) in [4.78, 5) is 35.0. The van der Waals surface area contributed by atoms with Gasteiger partial charge in [0.2, 0.25) is 0 Å². The fourth-order valence-corrected chi connectivity index (χ4v) is 2.30. The topological polar surface area (TPSA) is 72.5 Å². The fourth-order valence-electron chi connectivity index (χ4n) is 2.30. The Balaban J connectivity index is 1.60. The third-order valence-electron chi connectivity index (χ3n) is 3.60. The quantitative estimate of drug-likeness (QED) is 0.456. The van der Waals surface area contributed by atoms with Crippen LogP contribution >= 0.6 is 0 Å². The molecule has 0 saturated heterocycles. The van der Waals surface area contributed by atoms with Crippen molar-refractivity contribution in [2.45, 2.75) is 25.7 Å². The minimum absolute atomic E-state index is 0.186. The normalized spacial score (nSPS) is 10.1. The molecule has 2 aromatic carbocycles. The molecule has 0 heterocycles. The van der Waals surface area contributed by atoms with Crippen molar-refractivity contribution >= 4 is 17.8 Å². The maximum Gasteiger partial charge on any atom is 0.333 e. The molecule has 0 spiro atoms. The molecule has 1 N–H and O–H groups in total. The third-order valence-corrected chi connectivity index (χ3v) is 3.60. The van der Waals surface area contributed by atoms with Crippen molar-refractivity contribution in [3.05, 3.63) is 71.8 Å². The number of amides is 1. The number of rotatable bonds is 8. The van der Waals surface area contributed by atoms with Gasteiger partial charge in [0.05, 0.1) is 0 Å². The largest absolute Gasteiger partial charge is 0.392 e. The zero-order chi connectivity index (χ0) is 17.9. The molecule has 0 bridgehead atoms. The van der Waals surface area contributed by atoms with Gasteiger partial charge in [-0.15, -0.1) is 0 Å². The molecular formula is C20H21NO4. The molecular weight excluding hydrogens is 318 g/mol. The first-order chi connectivity index (χ1) is 12.1. The second-order valence-electron chi connectivity index (χ2n) is 5.59. The van der Waals surface area contributed by atoms with Crippen molar-refractivity contribution < 1.29 is 19.1 Å². The van der Waals surface area contributed by atoms with Crippen molar-refractivity contribution in [1.82, 2.24) is 5.32 Å². The van der Waals surface area contributed by atoms with Gasteiger partial charge in [-0.1, -0.05) is 48.5 Å². The van der Waals surface area contributed by atoms with Crippen molar-refractivity contribution in [1.29, 1.82) is 0 Å². The predicted octanol–water partition coefficient (Wildman–Crippen LogP) is 2.90. The Morgan fingerprint density at radius 2 is 1.44 bits per heavy atom. The Morgan fingerprint density at radius 1 is 0.800 bits per heavy atom. The minimum atomic E-state index is -0.752. The first-order valence-corrected chi connectivity index (χ1v) is 8.26. The van der Waals surface area contributed by atoms with E-state index in [9.17, 15) is 14.4 Å². The van der Waals surface area contributed by atoms with Crippen LogP contribution in [-0.2, 0) is 20.7 Å². The number of ether oxygens (including phenoxy) is 1. The van der Waals surface area contributed by atoms with Crippen LogP contribution in [0.1, 0.15) is 35.2 Å². The Labute approximate surface area is 147 Å². The lowest BCUT2D eigenvalue weighted by atomic mass is 10.1. The Hall–Kier alpha value is -2.95. The number of carbonyl (C=O) groups is 3. The number of nitrogens with one attached hydrogen (secondary N) is 1. The van der Waals surface area contributed by atoms with Crippen molar-refractivity contribution in [3.63, 3.8) is 0 Å². The summed E-state index contributed by atoms with van der Waals surface area (Å²) in [6.07, 6.45) is 2.57. The molecule has 25 heavy (non-hydrogen) atoms. The SMILES string of the molecule is O=C(CCCCc1ccccc1)OC(=O)CNC(=O)c1ccccc1. The fraction of sp³-hybridized carbons (Fsp3) is 0.250. The summed E-state index contributed by atoms with van der Waals surface area (Å²) in [5.41, 5.74) is 1.66. The molecule has 0 saturated carbocycles. The van der Waals surface area contributed by atoms with Crippen LogP contribution < -0.4 is 5.32 Å². The third kappa shape index (κ3) is 6.99. The van der Waals surface area contributed by atoms with Crippen LogP contribution in [0.3, 0.4) is 0 Å². The summed E-state index contributed by atoms with van der Waals surface area (Å²) in [5.74, 6) is -1.70. The van der Waals surface area contributed by atoms with Crippen LogP contribution in [0.5, 0.6) is 0 Å². The Kier molecular flexibility index (Phi) is 7.38. The first-order valence-electron chi connectivity index (χ1n) is 8.26. The second kappa shape index (κ2) is 10.0. The van der Waals surface area contributed by atoms with Crippen LogP contribution in [-0.4, -0.2) is 24.4 Å². The number of hydrogen-bond acceptors (Lipinski definition) is 4. The van der Waals surface area contributed by atoms with E-state index in [1.165, 1.54) is 5.56 Å². The van der Waals surface area contributed by atoms with Crippen LogP contribution in [0.25, 0.3) is 0 Å². The molecule has 0 unspecified atom stereocenters. The lowest BCUT2D eigenvalue weighted by molar-refractivity contribution is -0.158. The number of aryl methyl sites for hydroxylation is 1. The molecule has 5 nitrogen and oxygen atoms in total. The van der Waals surface area contributed by atoms with Crippen LogP contribution in [0.4, 0.5) is 0 Å². The van der Waals surface area contributed by atoms with E-state index in [1.807, 2.05) is 30.3 Å². The van der Waals surface area contributed by atoms with Gasteiger partial charge < -0.3 is 10.1 Å². The molecule has 0 aliphatic rings. The molecule has 130 valence electrons. The molecule has 0 fully saturated rings. The zero-order valence-electron chi connectivity index (χ0n) is 13.9. The monoisotopic (exact) mass is 339 g/mol. The minimum Gasteiger partial charge on any atom is -0.392 e. The number of carbonyl (C=O) groups excluding carboxylic acids is 3. The average Bonchev–Trinajstić information content (AvgIpc) is 2.65. The molecule has 2 aromatic rings. The van der Waals surface area contributed by atoms with E-state index in [2.05, 4.69) is 5.32 Å². The number of hydrogen-bond donors (Lipinski definition) is 1. The van der Waals surface area contributed by atoms with Crippen molar-refractivity contribution in [3.8, 4) is 0 Å². The smallest absolute Gasteiger partial charge is 0.333 e. The molecule has 5 heteroatoms. The Morgan fingerprint density at radius 3 is 2.12 bits per heavy atom. The van der Waals surface area contributed by atoms with E-state index in [0.717, 1.165) is 12.8 Å². The summed E-state index contributed by atoms with van der Waals surface area (Å²) >= 11 is 0. The van der Waals surface area contributed by atoms with Crippen LogP contribution in [0, 0.1) is 0 Å². The van der Waals surface area contributed by atoms with E-state index >= 15 is 0 Å². The highest BCUT2D eigenvalue weighted by atomic mass is 16.6. The first kappa shape index (κ1) is 18.4. The molecule has 0 aromatic heterocycles. The number of benzene rings is 2.